The van der Waals surface area contributed by atoms with Gasteiger partial charge in [0.05, 0.1) is 26.4 Å². The number of piperazine rings is 1. The molecule has 0 radical (unpaired) electrons. The van der Waals surface area contributed by atoms with Crippen molar-refractivity contribution in [1.82, 2.24) is 29.2 Å². The maximum atomic E-state index is 11.8. The average Bonchev–Trinajstić information content (AvgIpc) is 3.39. The van der Waals surface area contributed by atoms with Crippen molar-refractivity contribution in [3.05, 3.63) is 18.2 Å². The van der Waals surface area contributed by atoms with E-state index in [0.717, 1.165) is 71.4 Å². The number of rotatable bonds is 1. The molecule has 0 N–H and O–H groups in total. The first-order valence-corrected chi connectivity index (χ1v) is 17.2. The molecular weight excluding hydrogens is 628 g/mol. The van der Waals surface area contributed by atoms with E-state index in [4.69, 9.17) is 9.47 Å². The molecule has 0 spiro atoms. The minimum Gasteiger partial charge on any atom is -0.379 e. The molecule has 2 amide bonds. The molecule has 0 unspecified atom stereocenters. The minimum atomic E-state index is -0.253. The Labute approximate surface area is 311 Å². The van der Waals surface area contributed by atoms with Crippen molar-refractivity contribution >= 4 is 11.8 Å². The van der Waals surface area contributed by atoms with Gasteiger partial charge in [0.2, 0.25) is 11.8 Å². The zero-order valence-corrected chi connectivity index (χ0v) is 32.2. The monoisotopic (exact) mass is 715 g/mol. The average molecular weight is 715 g/mol. The summed E-state index contributed by atoms with van der Waals surface area (Å²) in [6, 6.07) is 0. The third-order valence-corrected chi connectivity index (χ3v) is 7.72. The zero-order chi connectivity index (χ0) is 35.3. The lowest BCUT2D eigenvalue weighted by Gasteiger charge is -2.36. The number of hydrogen-bond donors (Lipinski definition) is 0. The van der Waals surface area contributed by atoms with Crippen molar-refractivity contribution < 1.29 is 19.1 Å². The number of carbonyl (C=O) groups excluding carboxylic acids is 2. The van der Waals surface area contributed by atoms with Crippen molar-refractivity contribution in [1.29, 1.82) is 0 Å². The molecule has 300 valence electrons. The highest BCUT2D eigenvalue weighted by molar-refractivity contribution is 5.82. The molecule has 1 aromatic rings. The maximum Gasteiger partial charge on any atom is 0.228 e. The Morgan fingerprint density at radius 3 is 1.32 bits per heavy atom. The van der Waals surface area contributed by atoms with Crippen molar-refractivity contribution in [3.8, 4) is 0 Å². The number of aryl methyl sites for hydroxylation is 1. The minimum absolute atomic E-state index is 0. The quantitative estimate of drug-likeness (QED) is 0.297. The van der Waals surface area contributed by atoms with Gasteiger partial charge in [0.1, 0.15) is 5.82 Å². The fourth-order valence-electron chi connectivity index (χ4n) is 5.24. The molecule has 1 aromatic heterocycles. The molecule has 0 aliphatic carbocycles. The predicted octanol–water partition coefficient (Wildman–Crippen LogP) is 7.55. The van der Waals surface area contributed by atoms with Crippen molar-refractivity contribution in [2.24, 2.45) is 16.2 Å². The Hall–Kier alpha value is -2.01. The van der Waals surface area contributed by atoms with E-state index >= 15 is 0 Å². The lowest BCUT2D eigenvalue weighted by Crippen LogP contribution is -2.50. The van der Waals surface area contributed by atoms with Crippen LogP contribution < -0.4 is 0 Å². The molecule has 3 fully saturated rings. The second-order valence-corrected chi connectivity index (χ2v) is 17.0. The van der Waals surface area contributed by atoms with Gasteiger partial charge in [-0.1, -0.05) is 92.0 Å². The number of carbonyl (C=O) groups is 2. The Balaban J connectivity index is -0.000000276. The van der Waals surface area contributed by atoms with Crippen LogP contribution in [0.4, 0.5) is 0 Å². The smallest absolute Gasteiger partial charge is 0.228 e. The van der Waals surface area contributed by atoms with Crippen LogP contribution in [0.25, 0.3) is 0 Å². The summed E-state index contributed by atoms with van der Waals surface area (Å²) in [6.45, 7) is 39.0. The van der Waals surface area contributed by atoms with Gasteiger partial charge in [-0.15, -0.1) is 0 Å². The van der Waals surface area contributed by atoms with Crippen LogP contribution in [0.2, 0.25) is 0 Å². The first-order chi connectivity index (χ1) is 21.0. The van der Waals surface area contributed by atoms with E-state index in [0.29, 0.717) is 18.6 Å². The number of morpholine rings is 2. The molecule has 3 aliphatic rings. The van der Waals surface area contributed by atoms with E-state index in [-0.39, 0.29) is 57.9 Å². The maximum absolute atomic E-state index is 11.8. The third-order valence-electron chi connectivity index (χ3n) is 7.72. The van der Waals surface area contributed by atoms with Crippen LogP contribution >= 0.6 is 0 Å². The van der Waals surface area contributed by atoms with Gasteiger partial charge in [0, 0.05) is 87.7 Å². The number of aromatic nitrogens is 2. The number of imidazole rings is 1. The van der Waals surface area contributed by atoms with Gasteiger partial charge >= 0.3 is 0 Å². The van der Waals surface area contributed by atoms with E-state index in [9.17, 15) is 9.59 Å². The van der Waals surface area contributed by atoms with Gasteiger partial charge in [0.25, 0.3) is 0 Å². The van der Waals surface area contributed by atoms with Crippen LogP contribution in [-0.2, 0) is 24.6 Å². The van der Waals surface area contributed by atoms with Crippen molar-refractivity contribution in [2.45, 2.75) is 125 Å². The highest BCUT2D eigenvalue weighted by Gasteiger charge is 2.29. The molecular formula is C40H86N6O4. The number of nitrogens with zero attached hydrogens (tertiary/aromatic N) is 6. The summed E-state index contributed by atoms with van der Waals surface area (Å²) in [5.41, 5.74) is 0.116. The van der Waals surface area contributed by atoms with Crippen LogP contribution in [0, 0.1) is 23.2 Å². The summed E-state index contributed by atoms with van der Waals surface area (Å²) in [7, 11) is 2.10. The summed E-state index contributed by atoms with van der Waals surface area (Å²) in [5, 5.41) is 0. The van der Waals surface area contributed by atoms with E-state index < -0.39 is 0 Å². The topological polar surface area (TPSA) is 83.4 Å². The molecule has 10 heteroatoms. The molecule has 4 heterocycles. The summed E-state index contributed by atoms with van der Waals surface area (Å²) < 4.78 is 12.6. The Kier molecular flexibility index (Phi) is 26.6. The van der Waals surface area contributed by atoms with Crippen LogP contribution in [0.1, 0.15) is 119 Å². The largest absolute Gasteiger partial charge is 0.379 e. The van der Waals surface area contributed by atoms with Gasteiger partial charge in [-0.05, 0) is 40.2 Å². The van der Waals surface area contributed by atoms with Crippen LogP contribution in [-0.4, -0.2) is 133 Å². The molecule has 3 saturated heterocycles. The summed E-state index contributed by atoms with van der Waals surface area (Å²) in [6.07, 6.45) is 3.84. The molecule has 50 heavy (non-hydrogen) atoms. The number of amides is 2. The lowest BCUT2D eigenvalue weighted by molar-refractivity contribution is -0.143. The highest BCUT2D eigenvalue weighted by atomic mass is 16.5. The van der Waals surface area contributed by atoms with Crippen molar-refractivity contribution in [3.63, 3.8) is 0 Å². The second-order valence-electron chi connectivity index (χ2n) is 17.0. The van der Waals surface area contributed by atoms with Crippen LogP contribution in [0.3, 0.4) is 0 Å². The highest BCUT2D eigenvalue weighted by Crippen LogP contribution is 2.19. The van der Waals surface area contributed by atoms with E-state index in [1.807, 2.05) is 70.7 Å². The Morgan fingerprint density at radius 1 is 0.640 bits per heavy atom. The molecule has 4 rings (SSSR count). The summed E-state index contributed by atoms with van der Waals surface area (Å²) in [5.74, 6) is 1.58. The summed E-state index contributed by atoms with van der Waals surface area (Å²) >= 11 is 0. The third kappa shape index (κ3) is 22.0. The normalized spacial score (nSPS) is 17.2. The number of hydrogen-bond acceptors (Lipinski definition) is 7. The SMILES string of the molecule is C.C.C.C.CC(C)(C)C(=O)N1CCOCC1.CC(C)(C)CN1CCOCC1.CN1CCN(C(=O)C(C)(C)C)CC1.Cc1nccn1C(C)(C)C. The fourth-order valence-corrected chi connectivity index (χ4v) is 5.24. The van der Waals surface area contributed by atoms with Gasteiger partial charge in [-0.3, -0.25) is 14.5 Å². The number of ether oxygens (including phenoxy) is 2. The molecule has 10 nitrogen and oxygen atoms in total. The molecule has 3 aliphatic heterocycles. The summed E-state index contributed by atoms with van der Waals surface area (Å²) in [4.78, 5) is 36.3. The lowest BCUT2D eigenvalue weighted by atomic mass is 9.94. The van der Waals surface area contributed by atoms with Gasteiger partial charge in [-0.25, -0.2) is 4.98 Å². The molecule has 0 atom stereocenters. The fraction of sp³-hybridized carbons (Fsp3) is 0.875. The number of likely N-dealkylation sites (N-methyl/N-ethyl adjacent to an activating group) is 1. The van der Waals surface area contributed by atoms with E-state index in [1.165, 1.54) is 6.54 Å². The van der Waals surface area contributed by atoms with E-state index in [2.05, 4.69) is 67.9 Å². The first kappa shape index (κ1) is 54.8. The Morgan fingerprint density at radius 2 is 1.02 bits per heavy atom. The molecule has 0 bridgehead atoms. The molecule has 0 aromatic carbocycles. The van der Waals surface area contributed by atoms with Gasteiger partial charge < -0.3 is 28.7 Å². The molecule has 0 saturated carbocycles. The van der Waals surface area contributed by atoms with E-state index in [1.54, 1.807) is 0 Å². The second kappa shape index (κ2) is 24.3. The standard InChI is InChI=1S/C10H20N2O.C9H17NO2.C9H19NO.C8H14N2.4CH4/c1-10(2,3)9(13)12-7-5-11(4)6-8-12;1-9(2,3)8(11)10-4-6-12-7-5-10;1-9(2,3)8-10-4-6-11-7-5-10;1-7-9-5-6-10(7)8(2,3)4;;;;/h5-8H2,1-4H3;4-7H2,1-3H3;4-8H2,1-3H3;5-6H,1-4H3;4*1H4. The van der Waals surface area contributed by atoms with Gasteiger partial charge in [-0.2, -0.15) is 0 Å². The first-order valence-electron chi connectivity index (χ1n) is 17.2. The predicted molar refractivity (Wildman–Crippen MR) is 216 cm³/mol. The van der Waals surface area contributed by atoms with Crippen LogP contribution in [0.5, 0.6) is 0 Å². The van der Waals surface area contributed by atoms with Crippen LogP contribution in [0.15, 0.2) is 12.4 Å². The Bertz CT molecular complexity index is 1010. The van der Waals surface area contributed by atoms with Crippen molar-refractivity contribution in [2.75, 3.05) is 92.4 Å². The zero-order valence-electron chi connectivity index (χ0n) is 32.2. The van der Waals surface area contributed by atoms with Gasteiger partial charge in [0.15, 0.2) is 0 Å².